The van der Waals surface area contributed by atoms with Crippen LogP contribution in [0.2, 0.25) is 0 Å². The summed E-state index contributed by atoms with van der Waals surface area (Å²) in [4.78, 5) is 27.5. The van der Waals surface area contributed by atoms with Crippen LogP contribution in [0.15, 0.2) is 48.5 Å². The van der Waals surface area contributed by atoms with E-state index in [1.54, 1.807) is 0 Å². The highest BCUT2D eigenvalue weighted by molar-refractivity contribution is 6.02. The molecule has 1 heterocycles. The number of rotatable bonds is 8. The summed E-state index contributed by atoms with van der Waals surface area (Å²) in [5.74, 6) is 0.177. The standard InChI is InChI=1S/C25H33N3O2/c1-19(2)17-24(29)27-21-11-12-23(28-15-7-4-8-16-28)22(18-21)25(30)26-14-13-20-9-5-3-6-10-20/h3,5-6,9-12,18-19H,4,7-8,13-17H2,1-2H3,(H,26,30)(H,27,29). The molecule has 1 fully saturated rings. The van der Waals surface area contributed by atoms with E-state index in [9.17, 15) is 9.59 Å². The average Bonchev–Trinajstić information content (AvgIpc) is 2.74. The van der Waals surface area contributed by atoms with Crippen LogP contribution < -0.4 is 15.5 Å². The van der Waals surface area contributed by atoms with Crippen molar-refractivity contribution in [3.63, 3.8) is 0 Å². The van der Waals surface area contributed by atoms with E-state index in [-0.39, 0.29) is 11.8 Å². The Bertz CT molecular complexity index is 843. The Morgan fingerprint density at radius 1 is 1.00 bits per heavy atom. The maximum atomic E-state index is 13.1. The van der Waals surface area contributed by atoms with Crippen LogP contribution in [0, 0.1) is 5.92 Å². The van der Waals surface area contributed by atoms with E-state index in [1.165, 1.54) is 12.0 Å². The molecule has 1 aliphatic heterocycles. The number of benzene rings is 2. The number of anilines is 2. The fraction of sp³-hybridized carbons (Fsp3) is 0.440. The second kappa shape index (κ2) is 10.8. The fourth-order valence-electron chi connectivity index (χ4n) is 3.85. The fourth-order valence-corrected chi connectivity index (χ4v) is 3.85. The van der Waals surface area contributed by atoms with Crippen molar-refractivity contribution in [2.45, 2.75) is 46.0 Å². The summed E-state index contributed by atoms with van der Waals surface area (Å²) >= 11 is 0. The van der Waals surface area contributed by atoms with Crippen molar-refractivity contribution in [2.75, 3.05) is 29.9 Å². The highest BCUT2D eigenvalue weighted by Crippen LogP contribution is 2.27. The van der Waals surface area contributed by atoms with Gasteiger partial charge in [-0.15, -0.1) is 0 Å². The Kier molecular flexibility index (Phi) is 7.89. The van der Waals surface area contributed by atoms with Gasteiger partial charge in [-0.3, -0.25) is 9.59 Å². The Balaban J connectivity index is 1.74. The largest absolute Gasteiger partial charge is 0.371 e. The van der Waals surface area contributed by atoms with E-state index in [1.807, 2.05) is 50.2 Å². The molecule has 5 heteroatoms. The molecule has 0 aromatic heterocycles. The summed E-state index contributed by atoms with van der Waals surface area (Å²) in [5, 5.41) is 6.00. The van der Waals surface area contributed by atoms with Crippen LogP contribution in [0.5, 0.6) is 0 Å². The van der Waals surface area contributed by atoms with Crippen molar-refractivity contribution in [3.8, 4) is 0 Å². The lowest BCUT2D eigenvalue weighted by Crippen LogP contribution is -2.33. The minimum atomic E-state index is -0.0912. The monoisotopic (exact) mass is 407 g/mol. The molecule has 1 saturated heterocycles. The smallest absolute Gasteiger partial charge is 0.253 e. The van der Waals surface area contributed by atoms with Gasteiger partial charge in [0.2, 0.25) is 5.91 Å². The summed E-state index contributed by atoms with van der Waals surface area (Å²) in [5.41, 5.74) is 3.46. The quantitative estimate of drug-likeness (QED) is 0.670. The van der Waals surface area contributed by atoms with Crippen LogP contribution in [-0.4, -0.2) is 31.4 Å². The Morgan fingerprint density at radius 2 is 1.73 bits per heavy atom. The molecule has 0 saturated carbocycles. The van der Waals surface area contributed by atoms with Crippen molar-refractivity contribution in [3.05, 3.63) is 59.7 Å². The van der Waals surface area contributed by atoms with E-state index >= 15 is 0 Å². The lowest BCUT2D eigenvalue weighted by Gasteiger charge is -2.30. The normalized spacial score (nSPS) is 13.9. The molecule has 1 aliphatic rings. The highest BCUT2D eigenvalue weighted by Gasteiger charge is 2.19. The van der Waals surface area contributed by atoms with Gasteiger partial charge < -0.3 is 15.5 Å². The van der Waals surface area contributed by atoms with E-state index in [2.05, 4.69) is 27.7 Å². The highest BCUT2D eigenvalue weighted by atomic mass is 16.2. The van der Waals surface area contributed by atoms with Crippen molar-refractivity contribution in [2.24, 2.45) is 5.92 Å². The predicted octanol–water partition coefficient (Wildman–Crippen LogP) is 4.63. The topological polar surface area (TPSA) is 61.4 Å². The molecule has 2 aromatic rings. The number of piperidine rings is 1. The Labute approximate surface area is 179 Å². The lowest BCUT2D eigenvalue weighted by atomic mass is 10.1. The van der Waals surface area contributed by atoms with Gasteiger partial charge in [-0.1, -0.05) is 44.2 Å². The Morgan fingerprint density at radius 3 is 2.43 bits per heavy atom. The van der Waals surface area contributed by atoms with Crippen molar-refractivity contribution < 1.29 is 9.59 Å². The predicted molar refractivity (Wildman–Crippen MR) is 123 cm³/mol. The zero-order chi connectivity index (χ0) is 21.3. The number of hydrogen-bond acceptors (Lipinski definition) is 3. The molecule has 5 nitrogen and oxygen atoms in total. The summed E-state index contributed by atoms with van der Waals surface area (Å²) in [6.45, 7) is 6.54. The molecule has 2 N–H and O–H groups in total. The summed E-state index contributed by atoms with van der Waals surface area (Å²) in [6.07, 6.45) is 4.77. The Hall–Kier alpha value is -2.82. The zero-order valence-corrected chi connectivity index (χ0v) is 18.1. The molecule has 0 spiro atoms. The first-order chi connectivity index (χ1) is 14.5. The number of nitrogens with one attached hydrogen (secondary N) is 2. The molecule has 3 rings (SSSR count). The number of hydrogen-bond donors (Lipinski definition) is 2. The van der Waals surface area contributed by atoms with E-state index in [4.69, 9.17) is 0 Å². The SMILES string of the molecule is CC(C)CC(=O)Nc1ccc(N2CCCCC2)c(C(=O)NCCc2ccccc2)c1. The van der Waals surface area contributed by atoms with E-state index in [0.717, 1.165) is 38.0 Å². The molecule has 0 bridgehead atoms. The average molecular weight is 408 g/mol. The van der Waals surface area contributed by atoms with Crippen LogP contribution in [0.3, 0.4) is 0 Å². The van der Waals surface area contributed by atoms with Gasteiger partial charge in [-0.2, -0.15) is 0 Å². The van der Waals surface area contributed by atoms with Crippen LogP contribution in [-0.2, 0) is 11.2 Å². The molecule has 30 heavy (non-hydrogen) atoms. The lowest BCUT2D eigenvalue weighted by molar-refractivity contribution is -0.116. The van der Waals surface area contributed by atoms with Gasteiger partial charge >= 0.3 is 0 Å². The van der Waals surface area contributed by atoms with Gasteiger partial charge in [0.25, 0.3) is 5.91 Å². The van der Waals surface area contributed by atoms with Gasteiger partial charge in [0, 0.05) is 37.4 Å². The van der Waals surface area contributed by atoms with Crippen LogP contribution in [0.25, 0.3) is 0 Å². The summed E-state index contributed by atoms with van der Waals surface area (Å²) in [6, 6.07) is 15.8. The second-order valence-corrected chi connectivity index (χ2v) is 8.42. The van der Waals surface area contributed by atoms with Gasteiger partial charge in [-0.25, -0.2) is 0 Å². The van der Waals surface area contributed by atoms with Gasteiger partial charge in [0.15, 0.2) is 0 Å². The number of carbonyl (C=O) groups excluding carboxylic acids is 2. The van der Waals surface area contributed by atoms with Crippen molar-refractivity contribution >= 4 is 23.2 Å². The maximum absolute atomic E-state index is 13.1. The third kappa shape index (κ3) is 6.34. The number of amides is 2. The summed E-state index contributed by atoms with van der Waals surface area (Å²) in [7, 11) is 0. The molecule has 160 valence electrons. The number of carbonyl (C=O) groups is 2. The first kappa shape index (κ1) is 21.9. The van der Waals surface area contributed by atoms with Crippen LogP contribution in [0.1, 0.15) is 55.5 Å². The molecule has 2 aromatic carbocycles. The maximum Gasteiger partial charge on any atom is 0.253 e. The minimum Gasteiger partial charge on any atom is -0.371 e. The van der Waals surface area contributed by atoms with Crippen molar-refractivity contribution in [1.82, 2.24) is 5.32 Å². The minimum absolute atomic E-state index is 0.0221. The first-order valence-corrected chi connectivity index (χ1v) is 11.0. The van der Waals surface area contributed by atoms with Gasteiger partial charge in [-0.05, 0) is 55.4 Å². The molecule has 0 radical (unpaired) electrons. The third-order valence-corrected chi connectivity index (χ3v) is 5.36. The molecular weight excluding hydrogens is 374 g/mol. The zero-order valence-electron chi connectivity index (χ0n) is 18.1. The van der Waals surface area contributed by atoms with Gasteiger partial charge in [0.1, 0.15) is 0 Å². The molecule has 0 unspecified atom stereocenters. The molecule has 2 amide bonds. The molecule has 0 atom stereocenters. The molecule has 0 aliphatic carbocycles. The number of nitrogens with zero attached hydrogens (tertiary/aromatic N) is 1. The second-order valence-electron chi connectivity index (χ2n) is 8.42. The molecular formula is C25H33N3O2. The third-order valence-electron chi connectivity index (χ3n) is 5.36. The first-order valence-electron chi connectivity index (χ1n) is 11.0. The summed E-state index contributed by atoms with van der Waals surface area (Å²) < 4.78 is 0. The van der Waals surface area contributed by atoms with Gasteiger partial charge in [0.05, 0.1) is 5.56 Å². The van der Waals surface area contributed by atoms with Crippen LogP contribution >= 0.6 is 0 Å². The van der Waals surface area contributed by atoms with E-state index in [0.29, 0.717) is 30.1 Å². The van der Waals surface area contributed by atoms with E-state index < -0.39 is 0 Å². The van der Waals surface area contributed by atoms with Crippen molar-refractivity contribution in [1.29, 1.82) is 0 Å². The van der Waals surface area contributed by atoms with Crippen LogP contribution in [0.4, 0.5) is 11.4 Å².